The Morgan fingerprint density at radius 2 is 2.17 bits per heavy atom. The molecule has 1 aliphatic rings. The first-order chi connectivity index (χ1) is 11.3. The number of benzene rings is 1. The highest BCUT2D eigenvalue weighted by Crippen LogP contribution is 2.20. The van der Waals surface area contributed by atoms with Crippen molar-refractivity contribution in [1.29, 1.82) is 0 Å². The van der Waals surface area contributed by atoms with Crippen LogP contribution in [0.2, 0.25) is 0 Å². The highest BCUT2D eigenvalue weighted by Gasteiger charge is 2.22. The minimum absolute atomic E-state index is 0.0385. The largest absolute Gasteiger partial charge is 0.464 e. The summed E-state index contributed by atoms with van der Waals surface area (Å²) >= 11 is 0. The van der Waals surface area contributed by atoms with Gasteiger partial charge in [-0.15, -0.1) is 0 Å². The summed E-state index contributed by atoms with van der Waals surface area (Å²) < 4.78 is 10.5. The molecule has 1 N–H and O–H groups in total. The third-order valence-corrected chi connectivity index (χ3v) is 4.47. The molecule has 1 aliphatic heterocycles. The molecule has 2 heterocycles. The standard InChI is InChI=1S/C18H24N2O3/c1-22-12-3-9-20-10-6-15(7-11-20)19-18(21)16-5-2-4-14-8-13-23-17(14)16/h2,4-5,8,13,15H,3,6-7,9-12H2,1H3,(H,19,21). The first kappa shape index (κ1) is 16.0. The summed E-state index contributed by atoms with van der Waals surface area (Å²) in [6.07, 6.45) is 4.67. The molecule has 0 radical (unpaired) electrons. The number of rotatable bonds is 6. The summed E-state index contributed by atoms with van der Waals surface area (Å²) in [6.45, 7) is 3.93. The highest BCUT2D eigenvalue weighted by molar-refractivity contribution is 6.04. The third kappa shape index (κ3) is 3.92. The fourth-order valence-electron chi connectivity index (χ4n) is 3.17. The second-order valence-corrected chi connectivity index (χ2v) is 6.08. The number of para-hydroxylation sites is 1. The fraction of sp³-hybridized carbons (Fsp3) is 0.500. The minimum atomic E-state index is -0.0385. The molecular weight excluding hydrogens is 292 g/mol. The number of furan rings is 1. The maximum Gasteiger partial charge on any atom is 0.255 e. The van der Waals surface area contributed by atoms with E-state index in [-0.39, 0.29) is 11.9 Å². The molecule has 0 aliphatic carbocycles. The first-order valence-corrected chi connectivity index (χ1v) is 8.26. The number of nitrogens with one attached hydrogen (secondary N) is 1. The lowest BCUT2D eigenvalue weighted by Gasteiger charge is -2.32. The van der Waals surface area contributed by atoms with Crippen LogP contribution >= 0.6 is 0 Å². The van der Waals surface area contributed by atoms with Crippen LogP contribution in [-0.2, 0) is 4.74 Å². The van der Waals surface area contributed by atoms with Crippen LogP contribution in [0.5, 0.6) is 0 Å². The van der Waals surface area contributed by atoms with Crippen molar-refractivity contribution in [2.45, 2.75) is 25.3 Å². The summed E-state index contributed by atoms with van der Waals surface area (Å²) in [5, 5.41) is 4.12. The summed E-state index contributed by atoms with van der Waals surface area (Å²) in [5.41, 5.74) is 1.29. The van der Waals surface area contributed by atoms with Crippen LogP contribution < -0.4 is 5.32 Å². The maximum absolute atomic E-state index is 12.5. The average Bonchev–Trinajstić information content (AvgIpc) is 3.05. The lowest BCUT2D eigenvalue weighted by molar-refractivity contribution is 0.0908. The molecule has 0 spiro atoms. The number of carbonyl (C=O) groups excluding carboxylic acids is 1. The molecule has 23 heavy (non-hydrogen) atoms. The Morgan fingerprint density at radius 1 is 1.35 bits per heavy atom. The number of likely N-dealkylation sites (tertiary alicyclic amines) is 1. The van der Waals surface area contributed by atoms with Crippen molar-refractivity contribution < 1.29 is 13.9 Å². The Hall–Kier alpha value is -1.85. The van der Waals surface area contributed by atoms with E-state index >= 15 is 0 Å². The van der Waals surface area contributed by atoms with Crippen LogP contribution in [0, 0.1) is 0 Å². The van der Waals surface area contributed by atoms with Gasteiger partial charge >= 0.3 is 0 Å². The van der Waals surface area contributed by atoms with Gasteiger partial charge in [-0.3, -0.25) is 4.79 Å². The van der Waals surface area contributed by atoms with E-state index in [0.29, 0.717) is 11.1 Å². The third-order valence-electron chi connectivity index (χ3n) is 4.47. The summed E-state index contributed by atoms with van der Waals surface area (Å²) in [7, 11) is 1.74. The Bertz CT molecular complexity index is 645. The molecule has 3 rings (SSSR count). The number of hydrogen-bond donors (Lipinski definition) is 1. The molecule has 0 unspecified atom stereocenters. The van der Waals surface area contributed by atoms with E-state index in [9.17, 15) is 4.79 Å². The molecule has 0 atom stereocenters. The number of fused-ring (bicyclic) bond motifs is 1. The predicted octanol–water partition coefficient (Wildman–Crippen LogP) is 2.66. The van der Waals surface area contributed by atoms with Gasteiger partial charge in [0.25, 0.3) is 5.91 Å². The molecule has 1 saturated heterocycles. The van der Waals surface area contributed by atoms with Gasteiger partial charge < -0.3 is 19.4 Å². The average molecular weight is 316 g/mol. The number of hydrogen-bond acceptors (Lipinski definition) is 4. The molecular formula is C18H24N2O3. The second-order valence-electron chi connectivity index (χ2n) is 6.08. The molecule has 5 heteroatoms. The van der Waals surface area contributed by atoms with Gasteiger partial charge in [-0.2, -0.15) is 0 Å². The minimum Gasteiger partial charge on any atom is -0.464 e. The predicted molar refractivity (Wildman–Crippen MR) is 89.6 cm³/mol. The van der Waals surface area contributed by atoms with Crippen molar-refractivity contribution in [2.24, 2.45) is 0 Å². The fourth-order valence-corrected chi connectivity index (χ4v) is 3.17. The van der Waals surface area contributed by atoms with Gasteiger partial charge in [0.15, 0.2) is 0 Å². The lowest BCUT2D eigenvalue weighted by atomic mass is 10.0. The topological polar surface area (TPSA) is 54.7 Å². The van der Waals surface area contributed by atoms with Crippen LogP contribution in [0.25, 0.3) is 11.0 Å². The first-order valence-electron chi connectivity index (χ1n) is 8.26. The quantitative estimate of drug-likeness (QED) is 0.833. The summed E-state index contributed by atoms with van der Waals surface area (Å²) in [4.78, 5) is 15.0. The SMILES string of the molecule is COCCCN1CCC(NC(=O)c2cccc3ccoc23)CC1. The molecule has 0 saturated carbocycles. The van der Waals surface area contributed by atoms with Gasteiger partial charge in [-0.1, -0.05) is 12.1 Å². The maximum atomic E-state index is 12.5. The van der Waals surface area contributed by atoms with E-state index in [1.807, 2.05) is 24.3 Å². The van der Waals surface area contributed by atoms with Gasteiger partial charge in [0.05, 0.1) is 11.8 Å². The Kier molecular flexibility index (Phi) is 5.31. The van der Waals surface area contributed by atoms with Crippen LogP contribution in [0.15, 0.2) is 34.9 Å². The second kappa shape index (κ2) is 7.62. The van der Waals surface area contributed by atoms with Crippen molar-refractivity contribution in [3.05, 3.63) is 36.1 Å². The smallest absolute Gasteiger partial charge is 0.255 e. The van der Waals surface area contributed by atoms with Crippen molar-refractivity contribution in [3.63, 3.8) is 0 Å². The molecule has 124 valence electrons. The van der Waals surface area contributed by atoms with Crippen LogP contribution in [-0.4, -0.2) is 50.2 Å². The van der Waals surface area contributed by atoms with Gasteiger partial charge in [0.2, 0.25) is 0 Å². The van der Waals surface area contributed by atoms with Crippen LogP contribution in [0.3, 0.4) is 0 Å². The van der Waals surface area contributed by atoms with Crippen molar-refractivity contribution in [2.75, 3.05) is 33.4 Å². The van der Waals surface area contributed by atoms with Crippen molar-refractivity contribution in [3.8, 4) is 0 Å². The number of nitrogens with zero attached hydrogens (tertiary/aromatic N) is 1. The zero-order chi connectivity index (χ0) is 16.1. The number of piperidine rings is 1. The van der Waals surface area contributed by atoms with Gasteiger partial charge in [-0.25, -0.2) is 0 Å². The summed E-state index contributed by atoms with van der Waals surface area (Å²) in [6, 6.07) is 7.79. The van der Waals surface area contributed by atoms with Gasteiger partial charge in [0, 0.05) is 44.8 Å². The van der Waals surface area contributed by atoms with Crippen molar-refractivity contribution in [1.82, 2.24) is 10.2 Å². The number of carbonyl (C=O) groups is 1. The Labute approximate surface area is 136 Å². The molecule has 0 bridgehead atoms. The number of ether oxygens (including phenoxy) is 1. The molecule has 5 nitrogen and oxygen atoms in total. The molecule has 2 aromatic rings. The highest BCUT2D eigenvalue weighted by atomic mass is 16.5. The molecule has 1 amide bonds. The molecule has 1 aromatic carbocycles. The van der Waals surface area contributed by atoms with Gasteiger partial charge in [-0.05, 0) is 31.4 Å². The monoisotopic (exact) mass is 316 g/mol. The normalized spacial score (nSPS) is 16.7. The van der Waals surface area contributed by atoms with E-state index in [0.717, 1.165) is 50.9 Å². The van der Waals surface area contributed by atoms with E-state index < -0.39 is 0 Å². The van der Waals surface area contributed by atoms with Crippen molar-refractivity contribution >= 4 is 16.9 Å². The van der Waals surface area contributed by atoms with E-state index in [2.05, 4.69) is 10.2 Å². The Balaban J connectivity index is 1.52. The van der Waals surface area contributed by atoms with Crippen LogP contribution in [0.4, 0.5) is 0 Å². The van der Waals surface area contributed by atoms with Crippen LogP contribution in [0.1, 0.15) is 29.6 Å². The van der Waals surface area contributed by atoms with Gasteiger partial charge in [0.1, 0.15) is 5.58 Å². The zero-order valence-electron chi connectivity index (χ0n) is 13.6. The summed E-state index contributed by atoms with van der Waals surface area (Å²) in [5.74, 6) is -0.0385. The van der Waals surface area contributed by atoms with E-state index in [4.69, 9.17) is 9.15 Å². The Morgan fingerprint density at radius 3 is 2.96 bits per heavy atom. The molecule has 1 fully saturated rings. The molecule has 1 aromatic heterocycles. The van der Waals surface area contributed by atoms with E-state index in [1.54, 1.807) is 13.4 Å². The number of methoxy groups -OCH3 is 1. The zero-order valence-corrected chi connectivity index (χ0v) is 13.6. The number of amides is 1. The lowest BCUT2D eigenvalue weighted by Crippen LogP contribution is -2.45. The van der Waals surface area contributed by atoms with E-state index in [1.165, 1.54) is 0 Å².